The number of nitrogens with zero attached hydrogens (tertiary/aromatic N) is 1. The number of aliphatic hydroxyl groups is 1. The fraction of sp³-hybridized carbons (Fsp3) is 1.00. The van der Waals surface area contributed by atoms with Crippen LogP contribution in [0.5, 0.6) is 0 Å². The zero-order valence-electron chi connectivity index (χ0n) is 11.4. The van der Waals surface area contributed by atoms with Crippen molar-refractivity contribution < 1.29 is 14.6 Å². The predicted octanol–water partition coefficient (Wildman–Crippen LogP) is 1.62. The van der Waals surface area contributed by atoms with Crippen molar-refractivity contribution in [3.63, 3.8) is 0 Å². The van der Waals surface area contributed by atoms with E-state index in [2.05, 4.69) is 4.90 Å². The van der Waals surface area contributed by atoms with Crippen molar-refractivity contribution in [2.45, 2.75) is 51.9 Å². The largest absolute Gasteiger partial charge is 0.390 e. The minimum Gasteiger partial charge on any atom is -0.390 e. The van der Waals surface area contributed by atoms with Crippen molar-refractivity contribution in [1.82, 2.24) is 4.90 Å². The average molecular weight is 245 g/mol. The highest BCUT2D eigenvalue weighted by atomic mass is 16.7. The number of likely N-dealkylation sites (tertiary alicyclic amines) is 1. The molecule has 0 spiro atoms. The Bertz CT molecular complexity index is 203. The second-order valence-electron chi connectivity index (χ2n) is 4.99. The maximum absolute atomic E-state index is 10.0. The van der Waals surface area contributed by atoms with Gasteiger partial charge in [-0.25, -0.2) is 0 Å². The van der Waals surface area contributed by atoms with Gasteiger partial charge in [0.2, 0.25) is 0 Å². The van der Waals surface area contributed by atoms with Crippen molar-refractivity contribution in [2.75, 3.05) is 32.8 Å². The third-order valence-electron chi connectivity index (χ3n) is 3.27. The summed E-state index contributed by atoms with van der Waals surface area (Å²) < 4.78 is 11.1. The molecule has 1 atom stereocenters. The van der Waals surface area contributed by atoms with Crippen molar-refractivity contribution in [2.24, 2.45) is 0 Å². The van der Waals surface area contributed by atoms with Crippen LogP contribution in [0.1, 0.15) is 40.0 Å². The molecule has 4 nitrogen and oxygen atoms in total. The lowest BCUT2D eigenvalue weighted by atomic mass is 9.98. The van der Waals surface area contributed by atoms with Gasteiger partial charge < -0.3 is 14.6 Å². The Morgan fingerprint density at radius 2 is 1.82 bits per heavy atom. The summed E-state index contributed by atoms with van der Waals surface area (Å²) in [4.78, 5) is 2.33. The molecular formula is C13H27NO3. The third-order valence-corrected chi connectivity index (χ3v) is 3.27. The van der Waals surface area contributed by atoms with Crippen LogP contribution in [-0.2, 0) is 9.47 Å². The molecule has 1 aliphatic heterocycles. The van der Waals surface area contributed by atoms with Crippen LogP contribution in [-0.4, -0.2) is 54.7 Å². The molecule has 1 fully saturated rings. The molecule has 0 aromatic rings. The Hall–Kier alpha value is -0.160. The zero-order valence-corrected chi connectivity index (χ0v) is 11.4. The number of hydrogen-bond donors (Lipinski definition) is 1. The molecule has 0 saturated carbocycles. The number of hydrogen-bond acceptors (Lipinski definition) is 4. The quantitative estimate of drug-likeness (QED) is 0.722. The Morgan fingerprint density at radius 1 is 1.18 bits per heavy atom. The fourth-order valence-electron chi connectivity index (χ4n) is 2.24. The lowest BCUT2D eigenvalue weighted by molar-refractivity contribution is -0.147. The first-order valence-corrected chi connectivity index (χ1v) is 6.75. The van der Waals surface area contributed by atoms with Gasteiger partial charge in [0.15, 0.2) is 6.29 Å². The third kappa shape index (κ3) is 5.82. The molecule has 1 aliphatic rings. The van der Waals surface area contributed by atoms with Gasteiger partial charge in [-0.3, -0.25) is 4.90 Å². The normalized spacial score (nSPS) is 27.4. The van der Waals surface area contributed by atoms with Gasteiger partial charge in [0.05, 0.1) is 5.60 Å². The van der Waals surface area contributed by atoms with Gasteiger partial charge in [0.1, 0.15) is 0 Å². The molecule has 102 valence electrons. The first-order valence-electron chi connectivity index (χ1n) is 6.75. The van der Waals surface area contributed by atoms with Crippen molar-refractivity contribution in [3.8, 4) is 0 Å². The SMILES string of the molecule is CCOC(CN1CCCC(C)(O)CC1)OCC. The van der Waals surface area contributed by atoms with E-state index >= 15 is 0 Å². The van der Waals surface area contributed by atoms with Gasteiger partial charge >= 0.3 is 0 Å². The maximum atomic E-state index is 10.0. The molecule has 0 aliphatic carbocycles. The highest BCUT2D eigenvalue weighted by Crippen LogP contribution is 2.21. The van der Waals surface area contributed by atoms with E-state index in [0.29, 0.717) is 13.2 Å². The smallest absolute Gasteiger partial charge is 0.170 e. The summed E-state index contributed by atoms with van der Waals surface area (Å²) in [6.07, 6.45) is 2.63. The minimum absolute atomic E-state index is 0.131. The summed E-state index contributed by atoms with van der Waals surface area (Å²) >= 11 is 0. The molecule has 0 aromatic carbocycles. The van der Waals surface area contributed by atoms with E-state index in [1.54, 1.807) is 0 Å². The lowest BCUT2D eigenvalue weighted by Crippen LogP contribution is -2.37. The molecule has 4 heteroatoms. The van der Waals surface area contributed by atoms with Crippen LogP contribution in [0.4, 0.5) is 0 Å². The zero-order chi connectivity index (χ0) is 12.7. The van der Waals surface area contributed by atoms with Gasteiger partial charge in [-0.15, -0.1) is 0 Å². The Labute approximate surface area is 105 Å². The summed E-state index contributed by atoms with van der Waals surface area (Å²) in [5.74, 6) is 0. The highest BCUT2D eigenvalue weighted by Gasteiger charge is 2.26. The van der Waals surface area contributed by atoms with Crippen LogP contribution in [0.25, 0.3) is 0 Å². The molecule has 17 heavy (non-hydrogen) atoms. The summed E-state index contributed by atoms with van der Waals surface area (Å²) in [5, 5.41) is 10.0. The summed E-state index contributed by atoms with van der Waals surface area (Å²) in [7, 11) is 0. The molecule has 1 N–H and O–H groups in total. The highest BCUT2D eigenvalue weighted by molar-refractivity contribution is 4.79. The van der Waals surface area contributed by atoms with E-state index in [9.17, 15) is 5.11 Å². The van der Waals surface area contributed by atoms with Crippen LogP contribution >= 0.6 is 0 Å². The van der Waals surface area contributed by atoms with Crippen molar-refractivity contribution in [1.29, 1.82) is 0 Å². The van der Waals surface area contributed by atoms with Crippen molar-refractivity contribution >= 4 is 0 Å². The van der Waals surface area contributed by atoms with E-state index in [1.165, 1.54) is 0 Å². The second kappa shape index (κ2) is 7.31. The molecular weight excluding hydrogens is 218 g/mol. The van der Waals surface area contributed by atoms with Gasteiger partial charge in [-0.05, 0) is 46.6 Å². The molecule has 0 aromatic heterocycles. The van der Waals surface area contributed by atoms with Crippen LogP contribution in [0.2, 0.25) is 0 Å². The molecule has 0 radical (unpaired) electrons. The average Bonchev–Trinajstić information content (AvgIpc) is 2.41. The first kappa shape index (κ1) is 14.9. The Balaban J connectivity index is 2.38. The van der Waals surface area contributed by atoms with Crippen LogP contribution in [0.3, 0.4) is 0 Å². The van der Waals surface area contributed by atoms with Gasteiger partial charge in [0, 0.05) is 26.3 Å². The van der Waals surface area contributed by atoms with Gasteiger partial charge in [-0.2, -0.15) is 0 Å². The molecule has 1 heterocycles. The van der Waals surface area contributed by atoms with E-state index in [-0.39, 0.29) is 6.29 Å². The van der Waals surface area contributed by atoms with Gasteiger partial charge in [-0.1, -0.05) is 0 Å². The molecule has 0 amide bonds. The predicted molar refractivity (Wildman–Crippen MR) is 68.0 cm³/mol. The molecule has 0 bridgehead atoms. The Morgan fingerprint density at radius 3 is 2.41 bits per heavy atom. The first-order chi connectivity index (χ1) is 8.07. The second-order valence-corrected chi connectivity index (χ2v) is 4.99. The Kier molecular flexibility index (Phi) is 6.41. The molecule has 1 saturated heterocycles. The van der Waals surface area contributed by atoms with Crippen LogP contribution < -0.4 is 0 Å². The summed E-state index contributed by atoms with van der Waals surface area (Å²) in [5.41, 5.74) is -0.499. The van der Waals surface area contributed by atoms with E-state index in [0.717, 1.165) is 38.9 Å². The topological polar surface area (TPSA) is 41.9 Å². The van der Waals surface area contributed by atoms with Crippen molar-refractivity contribution in [3.05, 3.63) is 0 Å². The number of rotatable bonds is 6. The van der Waals surface area contributed by atoms with E-state index in [4.69, 9.17) is 9.47 Å². The number of ether oxygens (including phenoxy) is 2. The van der Waals surface area contributed by atoms with Gasteiger partial charge in [0.25, 0.3) is 0 Å². The standard InChI is InChI=1S/C13H27NO3/c1-4-16-12(17-5-2)11-14-9-6-7-13(3,15)8-10-14/h12,15H,4-11H2,1-3H3. The summed E-state index contributed by atoms with van der Waals surface area (Å²) in [6, 6.07) is 0. The maximum Gasteiger partial charge on any atom is 0.170 e. The summed E-state index contributed by atoms with van der Waals surface area (Å²) in [6.45, 7) is 10.00. The van der Waals surface area contributed by atoms with Crippen LogP contribution in [0, 0.1) is 0 Å². The van der Waals surface area contributed by atoms with E-state index in [1.807, 2.05) is 20.8 Å². The monoisotopic (exact) mass is 245 g/mol. The lowest BCUT2D eigenvalue weighted by Gasteiger charge is -2.26. The van der Waals surface area contributed by atoms with E-state index < -0.39 is 5.60 Å². The fourth-order valence-corrected chi connectivity index (χ4v) is 2.24. The minimum atomic E-state index is -0.499. The molecule has 1 rings (SSSR count). The molecule has 1 unspecified atom stereocenters. The van der Waals surface area contributed by atoms with Crippen LogP contribution in [0.15, 0.2) is 0 Å².